The largest absolute Gasteiger partial charge is 0.492 e. The summed E-state index contributed by atoms with van der Waals surface area (Å²) in [5, 5.41) is 3.07. The minimum Gasteiger partial charge on any atom is -0.492 e. The van der Waals surface area contributed by atoms with Gasteiger partial charge in [-0.3, -0.25) is 9.69 Å². The van der Waals surface area contributed by atoms with Crippen molar-refractivity contribution in [3.05, 3.63) is 24.3 Å². The van der Waals surface area contributed by atoms with Gasteiger partial charge in [-0.05, 0) is 74.6 Å². The summed E-state index contributed by atoms with van der Waals surface area (Å²) in [6.45, 7) is 13.4. The average molecular weight is 417 g/mol. The first-order chi connectivity index (χ1) is 14.4. The van der Waals surface area contributed by atoms with Crippen LogP contribution in [0.3, 0.4) is 0 Å². The summed E-state index contributed by atoms with van der Waals surface area (Å²) >= 11 is 0. The number of carbonyl (C=O) groups is 1. The molecular weight excluding hydrogens is 376 g/mol. The van der Waals surface area contributed by atoms with Crippen LogP contribution in [0.5, 0.6) is 5.75 Å². The molecule has 30 heavy (non-hydrogen) atoms. The van der Waals surface area contributed by atoms with Crippen LogP contribution in [-0.2, 0) is 9.53 Å². The lowest BCUT2D eigenvalue weighted by Crippen LogP contribution is -2.48. The van der Waals surface area contributed by atoms with E-state index in [1.54, 1.807) is 0 Å². The quantitative estimate of drug-likeness (QED) is 0.650. The van der Waals surface area contributed by atoms with Crippen molar-refractivity contribution in [3.63, 3.8) is 0 Å². The van der Waals surface area contributed by atoms with Gasteiger partial charge < -0.3 is 14.8 Å². The number of benzene rings is 1. The highest BCUT2D eigenvalue weighted by atomic mass is 16.5. The molecule has 5 nitrogen and oxygen atoms in total. The van der Waals surface area contributed by atoms with Gasteiger partial charge >= 0.3 is 0 Å². The first kappa shape index (κ1) is 23.1. The van der Waals surface area contributed by atoms with E-state index in [1.165, 1.54) is 25.9 Å². The molecule has 2 fully saturated rings. The Bertz CT molecular complexity index is 663. The Labute approximate surface area is 182 Å². The molecule has 0 radical (unpaired) electrons. The molecule has 0 spiro atoms. The van der Waals surface area contributed by atoms with Gasteiger partial charge in [-0.25, -0.2) is 0 Å². The highest BCUT2D eigenvalue weighted by Gasteiger charge is 2.42. The maximum atomic E-state index is 13.0. The van der Waals surface area contributed by atoms with E-state index in [1.807, 2.05) is 31.2 Å². The fraction of sp³-hybridized carbons (Fsp3) is 0.720. The zero-order valence-corrected chi connectivity index (χ0v) is 19.3. The number of likely N-dealkylation sites (tertiary alicyclic amines) is 1. The molecule has 3 rings (SSSR count). The van der Waals surface area contributed by atoms with Gasteiger partial charge in [-0.2, -0.15) is 0 Å². The molecule has 0 bridgehead atoms. The van der Waals surface area contributed by atoms with Crippen LogP contribution in [0, 0.1) is 17.8 Å². The lowest BCUT2D eigenvalue weighted by molar-refractivity contribution is -0.147. The lowest BCUT2D eigenvalue weighted by Gasteiger charge is -2.38. The van der Waals surface area contributed by atoms with Crippen LogP contribution >= 0.6 is 0 Å². The van der Waals surface area contributed by atoms with Crippen LogP contribution in [0.25, 0.3) is 0 Å². The van der Waals surface area contributed by atoms with Crippen molar-refractivity contribution < 1.29 is 14.3 Å². The standard InChI is InChI=1S/C25H40N2O3/c1-5-30-25(12-6-7-19(2)16-25)24(28)26-22-8-10-23(11-9-22)29-14-13-27-17-20(3)15-21(4)18-27/h8-11,19-21H,5-7,12-18H2,1-4H3,(H,26,28)/t19-,20-,21-,25-/m1/s1. The van der Waals surface area contributed by atoms with E-state index in [0.717, 1.165) is 49.1 Å². The van der Waals surface area contributed by atoms with Gasteiger partial charge in [-0.1, -0.05) is 27.2 Å². The third-order valence-electron chi connectivity index (χ3n) is 6.52. The van der Waals surface area contributed by atoms with Crippen LogP contribution < -0.4 is 10.1 Å². The van der Waals surface area contributed by atoms with E-state index in [9.17, 15) is 4.79 Å². The summed E-state index contributed by atoms with van der Waals surface area (Å²) in [4.78, 5) is 15.5. The van der Waals surface area contributed by atoms with Gasteiger partial charge in [0, 0.05) is 31.9 Å². The first-order valence-electron chi connectivity index (χ1n) is 11.8. The second-order valence-electron chi connectivity index (χ2n) is 9.66. The molecule has 0 aromatic heterocycles. The molecule has 1 saturated carbocycles. The number of amides is 1. The molecule has 5 heteroatoms. The predicted molar refractivity (Wildman–Crippen MR) is 122 cm³/mol. The molecule has 1 aliphatic heterocycles. The van der Waals surface area contributed by atoms with E-state index in [0.29, 0.717) is 19.1 Å². The number of rotatable bonds is 8. The molecular formula is C25H40N2O3. The Balaban J connectivity index is 1.49. The van der Waals surface area contributed by atoms with Crippen molar-refractivity contribution in [2.75, 3.05) is 38.2 Å². The highest BCUT2D eigenvalue weighted by molar-refractivity contribution is 5.97. The SMILES string of the molecule is CCO[C@]1(C(=O)Nc2ccc(OCCN3C[C@H](C)C[C@@H](C)C3)cc2)CCC[C@@H](C)C1. The van der Waals surface area contributed by atoms with E-state index in [2.05, 4.69) is 31.0 Å². The van der Waals surface area contributed by atoms with Crippen LogP contribution in [0.1, 0.15) is 59.8 Å². The zero-order valence-electron chi connectivity index (χ0n) is 19.3. The molecule has 1 aromatic carbocycles. The van der Waals surface area contributed by atoms with Gasteiger partial charge in [0.05, 0.1) is 0 Å². The van der Waals surface area contributed by atoms with Crippen LogP contribution in [-0.4, -0.2) is 49.3 Å². The van der Waals surface area contributed by atoms with E-state index in [-0.39, 0.29) is 5.91 Å². The van der Waals surface area contributed by atoms with Crippen molar-refractivity contribution in [2.45, 2.75) is 65.4 Å². The van der Waals surface area contributed by atoms with Gasteiger partial charge in [0.2, 0.25) is 0 Å². The minimum absolute atomic E-state index is 0.0158. The van der Waals surface area contributed by atoms with Crippen LogP contribution in [0.4, 0.5) is 5.69 Å². The second-order valence-corrected chi connectivity index (χ2v) is 9.66. The minimum atomic E-state index is -0.690. The molecule has 4 atom stereocenters. The number of hydrogen-bond donors (Lipinski definition) is 1. The van der Waals surface area contributed by atoms with Gasteiger partial charge in [0.25, 0.3) is 5.91 Å². The predicted octanol–water partition coefficient (Wildman–Crippen LogP) is 4.97. The summed E-state index contributed by atoms with van der Waals surface area (Å²) in [6, 6.07) is 7.72. The van der Waals surface area contributed by atoms with Gasteiger partial charge in [-0.15, -0.1) is 0 Å². The zero-order chi connectivity index (χ0) is 21.6. The summed E-state index contributed by atoms with van der Waals surface area (Å²) < 4.78 is 11.9. The summed E-state index contributed by atoms with van der Waals surface area (Å²) in [7, 11) is 0. The van der Waals surface area contributed by atoms with E-state index < -0.39 is 5.60 Å². The van der Waals surface area contributed by atoms with Crippen molar-refractivity contribution in [1.82, 2.24) is 4.90 Å². The Morgan fingerprint density at radius 3 is 2.47 bits per heavy atom. The Morgan fingerprint density at radius 2 is 1.83 bits per heavy atom. The van der Waals surface area contributed by atoms with Crippen molar-refractivity contribution in [2.24, 2.45) is 17.8 Å². The van der Waals surface area contributed by atoms with Crippen LogP contribution in [0.2, 0.25) is 0 Å². The third kappa shape index (κ3) is 6.21. The van der Waals surface area contributed by atoms with Gasteiger partial charge in [0.15, 0.2) is 0 Å². The summed E-state index contributed by atoms with van der Waals surface area (Å²) in [5.41, 5.74) is 0.105. The van der Waals surface area contributed by atoms with Gasteiger partial charge in [0.1, 0.15) is 18.0 Å². The molecule has 168 valence electrons. The van der Waals surface area contributed by atoms with E-state index in [4.69, 9.17) is 9.47 Å². The fourth-order valence-electron chi connectivity index (χ4n) is 5.33. The second kappa shape index (κ2) is 10.6. The number of piperidine rings is 1. The Kier molecular flexibility index (Phi) is 8.18. The number of hydrogen-bond acceptors (Lipinski definition) is 4. The lowest BCUT2D eigenvalue weighted by atomic mass is 9.78. The number of ether oxygens (including phenoxy) is 2. The number of nitrogens with one attached hydrogen (secondary N) is 1. The Hall–Kier alpha value is -1.59. The molecule has 1 aliphatic carbocycles. The van der Waals surface area contributed by atoms with Crippen molar-refractivity contribution in [3.8, 4) is 5.75 Å². The molecule has 0 unspecified atom stereocenters. The molecule has 1 heterocycles. The van der Waals surface area contributed by atoms with Crippen molar-refractivity contribution in [1.29, 1.82) is 0 Å². The summed E-state index contributed by atoms with van der Waals surface area (Å²) in [5.74, 6) is 2.88. The smallest absolute Gasteiger partial charge is 0.256 e. The number of nitrogens with zero attached hydrogens (tertiary/aromatic N) is 1. The number of anilines is 1. The molecule has 1 N–H and O–H groups in total. The van der Waals surface area contributed by atoms with E-state index >= 15 is 0 Å². The van der Waals surface area contributed by atoms with Crippen molar-refractivity contribution >= 4 is 11.6 Å². The first-order valence-corrected chi connectivity index (χ1v) is 11.8. The molecule has 2 aliphatic rings. The topological polar surface area (TPSA) is 50.8 Å². The fourth-order valence-corrected chi connectivity index (χ4v) is 5.33. The average Bonchev–Trinajstić information content (AvgIpc) is 2.69. The monoisotopic (exact) mass is 416 g/mol. The van der Waals surface area contributed by atoms with Crippen LogP contribution in [0.15, 0.2) is 24.3 Å². The summed E-state index contributed by atoms with van der Waals surface area (Å²) in [6.07, 6.45) is 5.13. The number of carbonyl (C=O) groups excluding carboxylic acids is 1. The maximum absolute atomic E-state index is 13.0. The maximum Gasteiger partial charge on any atom is 0.256 e. The third-order valence-corrected chi connectivity index (χ3v) is 6.52. The normalized spacial score (nSPS) is 30.1. The molecule has 1 saturated heterocycles. The highest BCUT2D eigenvalue weighted by Crippen LogP contribution is 2.36. The molecule has 1 amide bonds. The molecule has 1 aromatic rings. The Morgan fingerprint density at radius 1 is 1.13 bits per heavy atom.